The van der Waals surface area contributed by atoms with E-state index in [0.717, 1.165) is 25.0 Å². The molecule has 1 aromatic carbocycles. The van der Waals surface area contributed by atoms with Gasteiger partial charge in [-0.15, -0.1) is 0 Å². The van der Waals surface area contributed by atoms with Crippen molar-refractivity contribution in [1.29, 1.82) is 0 Å². The number of carbonyl (C=O) groups excluding carboxylic acids is 1. The standard InChI is InChI=1S/C25H28F4N6O2/c26-19-12-34(14-24(37)7-9-33(10-8-24)13-20(30)36)22-21(19)23(32-15-31-22)35(18-5-6-18)11-16-1-3-17(4-2-16)25(27,28)29/h1-4,12,15,18,37H,5-11,13-14H2,(H2,30,36). The molecule has 3 N–H and O–H groups in total. The van der Waals surface area contributed by atoms with Crippen molar-refractivity contribution in [3.8, 4) is 0 Å². The number of fused-ring (bicyclic) bond motifs is 1. The van der Waals surface area contributed by atoms with Crippen LogP contribution < -0.4 is 10.6 Å². The number of piperidine rings is 1. The Morgan fingerprint density at radius 1 is 1.16 bits per heavy atom. The molecule has 0 spiro atoms. The molecule has 1 aliphatic heterocycles. The number of hydrogen-bond donors (Lipinski definition) is 2. The lowest BCUT2D eigenvalue weighted by Gasteiger charge is -2.38. The predicted octanol–water partition coefficient (Wildman–Crippen LogP) is 3.07. The zero-order chi connectivity index (χ0) is 26.4. The van der Waals surface area contributed by atoms with Gasteiger partial charge in [0.25, 0.3) is 0 Å². The van der Waals surface area contributed by atoms with Crippen molar-refractivity contribution in [2.75, 3.05) is 24.5 Å². The number of nitrogens with zero attached hydrogens (tertiary/aromatic N) is 5. The van der Waals surface area contributed by atoms with Gasteiger partial charge in [0, 0.05) is 31.9 Å². The van der Waals surface area contributed by atoms with Crippen LogP contribution in [0.15, 0.2) is 36.8 Å². The van der Waals surface area contributed by atoms with Gasteiger partial charge in [-0.25, -0.2) is 14.4 Å². The van der Waals surface area contributed by atoms with Crippen molar-refractivity contribution >= 4 is 22.8 Å². The average Bonchev–Trinajstić information content (AvgIpc) is 3.63. The van der Waals surface area contributed by atoms with Gasteiger partial charge in [-0.1, -0.05) is 12.1 Å². The highest BCUT2D eigenvalue weighted by Crippen LogP contribution is 2.38. The summed E-state index contributed by atoms with van der Waals surface area (Å²) >= 11 is 0. The quantitative estimate of drug-likeness (QED) is 0.443. The summed E-state index contributed by atoms with van der Waals surface area (Å²) in [6, 6.07) is 5.04. The molecule has 1 aliphatic carbocycles. The van der Waals surface area contributed by atoms with E-state index in [4.69, 9.17) is 5.73 Å². The highest BCUT2D eigenvalue weighted by atomic mass is 19.4. The third-order valence-corrected chi connectivity index (χ3v) is 7.11. The Bertz CT molecular complexity index is 1280. The van der Waals surface area contributed by atoms with Crippen LogP contribution in [0.25, 0.3) is 11.0 Å². The Kier molecular flexibility index (Phi) is 6.57. The van der Waals surface area contributed by atoms with Crippen molar-refractivity contribution < 1.29 is 27.5 Å². The number of carbonyl (C=O) groups is 1. The second-order valence-electron chi connectivity index (χ2n) is 10.0. The van der Waals surface area contributed by atoms with Gasteiger partial charge in [0.15, 0.2) is 5.82 Å². The number of alkyl halides is 3. The third kappa shape index (κ3) is 5.54. The van der Waals surface area contributed by atoms with Crippen molar-refractivity contribution in [2.45, 2.75) is 56.6 Å². The van der Waals surface area contributed by atoms with E-state index in [2.05, 4.69) is 9.97 Å². The Balaban J connectivity index is 1.39. The first-order valence-electron chi connectivity index (χ1n) is 12.2. The van der Waals surface area contributed by atoms with Crippen LogP contribution in [0.4, 0.5) is 23.4 Å². The number of halogens is 4. The van der Waals surface area contributed by atoms with E-state index < -0.39 is 29.1 Å². The van der Waals surface area contributed by atoms with Crippen molar-refractivity contribution in [3.63, 3.8) is 0 Å². The van der Waals surface area contributed by atoms with Gasteiger partial charge in [0.1, 0.15) is 17.8 Å². The molecule has 12 heteroatoms. The predicted molar refractivity (Wildman–Crippen MR) is 128 cm³/mol. The van der Waals surface area contributed by atoms with Crippen LogP contribution in [-0.2, 0) is 24.1 Å². The number of rotatable bonds is 8. The molecule has 5 rings (SSSR count). The number of aliphatic hydroxyl groups is 1. The minimum Gasteiger partial charge on any atom is -0.388 e. The van der Waals surface area contributed by atoms with Crippen molar-refractivity contribution in [3.05, 3.63) is 53.7 Å². The second-order valence-corrected chi connectivity index (χ2v) is 10.0. The first kappa shape index (κ1) is 25.4. The number of aromatic nitrogens is 3. The number of amides is 1. The van der Waals surface area contributed by atoms with Gasteiger partial charge in [0.05, 0.1) is 29.6 Å². The van der Waals surface area contributed by atoms with E-state index in [1.807, 2.05) is 9.80 Å². The summed E-state index contributed by atoms with van der Waals surface area (Å²) in [4.78, 5) is 23.6. The summed E-state index contributed by atoms with van der Waals surface area (Å²) in [6.45, 7) is 1.51. The molecule has 0 atom stereocenters. The van der Waals surface area contributed by atoms with Crippen molar-refractivity contribution in [2.24, 2.45) is 5.73 Å². The SMILES string of the molecule is NC(=O)CN1CCC(O)(Cn2cc(F)c3c(N(Cc4ccc(C(F)(F)F)cc4)C4CC4)ncnc32)CC1. The van der Waals surface area contributed by atoms with Crippen LogP contribution >= 0.6 is 0 Å². The first-order valence-corrected chi connectivity index (χ1v) is 12.2. The lowest BCUT2D eigenvalue weighted by Crippen LogP contribution is -2.48. The molecule has 2 fully saturated rings. The number of hydrogen-bond acceptors (Lipinski definition) is 6. The van der Waals surface area contributed by atoms with E-state index in [-0.39, 0.29) is 31.1 Å². The number of primary amides is 1. The van der Waals surface area contributed by atoms with Gasteiger partial charge >= 0.3 is 6.18 Å². The minimum atomic E-state index is -4.41. The van der Waals surface area contributed by atoms with Crippen LogP contribution in [0, 0.1) is 5.82 Å². The molecule has 1 amide bonds. The smallest absolute Gasteiger partial charge is 0.388 e. The maximum atomic E-state index is 15.3. The highest BCUT2D eigenvalue weighted by molar-refractivity contribution is 5.89. The molecule has 1 saturated heterocycles. The molecule has 2 aliphatic rings. The number of anilines is 1. The van der Waals surface area contributed by atoms with Crippen LogP contribution in [0.3, 0.4) is 0 Å². The first-order chi connectivity index (χ1) is 17.5. The summed E-state index contributed by atoms with van der Waals surface area (Å²) in [5.74, 6) is -0.574. The summed E-state index contributed by atoms with van der Waals surface area (Å²) in [5, 5.41) is 11.4. The molecule has 198 valence electrons. The number of likely N-dealkylation sites (tertiary alicyclic amines) is 1. The molecule has 0 unspecified atom stereocenters. The van der Waals surface area contributed by atoms with Gasteiger partial charge in [-0.2, -0.15) is 13.2 Å². The van der Waals surface area contributed by atoms with Gasteiger partial charge in [0.2, 0.25) is 5.91 Å². The minimum absolute atomic E-state index is 0.0990. The van der Waals surface area contributed by atoms with E-state index in [9.17, 15) is 23.1 Å². The van der Waals surface area contributed by atoms with Crippen molar-refractivity contribution in [1.82, 2.24) is 19.4 Å². The maximum Gasteiger partial charge on any atom is 0.416 e. The van der Waals surface area contributed by atoms with E-state index in [1.165, 1.54) is 24.7 Å². The Hall–Kier alpha value is -3.25. The van der Waals surface area contributed by atoms with Crippen LogP contribution in [0.1, 0.15) is 36.8 Å². The summed E-state index contributed by atoms with van der Waals surface area (Å²) in [6.07, 6.45) is 0.756. The molecule has 1 saturated carbocycles. The van der Waals surface area contributed by atoms with E-state index in [1.54, 1.807) is 4.57 Å². The Labute approximate surface area is 210 Å². The Morgan fingerprint density at radius 2 is 1.84 bits per heavy atom. The molecule has 37 heavy (non-hydrogen) atoms. The molecule has 3 aromatic rings. The van der Waals surface area contributed by atoms with Gasteiger partial charge in [-0.3, -0.25) is 9.69 Å². The number of nitrogens with two attached hydrogens (primary N) is 1. The lowest BCUT2D eigenvalue weighted by atomic mass is 9.91. The number of benzene rings is 1. The normalized spacial score (nSPS) is 18.3. The summed E-state index contributed by atoms with van der Waals surface area (Å²) < 4.78 is 55.8. The monoisotopic (exact) mass is 520 g/mol. The zero-order valence-electron chi connectivity index (χ0n) is 20.1. The highest BCUT2D eigenvalue weighted by Gasteiger charge is 2.36. The topological polar surface area (TPSA) is 101 Å². The Morgan fingerprint density at radius 3 is 2.43 bits per heavy atom. The molecule has 2 aromatic heterocycles. The maximum absolute atomic E-state index is 15.3. The molecular formula is C25H28F4N6O2. The van der Waals surface area contributed by atoms with Crippen LogP contribution in [0.2, 0.25) is 0 Å². The van der Waals surface area contributed by atoms with Gasteiger partial charge in [-0.05, 0) is 43.4 Å². The van der Waals surface area contributed by atoms with Crippen LogP contribution in [0.5, 0.6) is 0 Å². The van der Waals surface area contributed by atoms with E-state index in [0.29, 0.717) is 43.0 Å². The molecule has 3 heterocycles. The summed E-state index contributed by atoms with van der Waals surface area (Å²) in [5.41, 5.74) is 4.44. The fourth-order valence-electron chi connectivity index (χ4n) is 4.98. The molecule has 0 radical (unpaired) electrons. The molecule has 0 bridgehead atoms. The second kappa shape index (κ2) is 9.56. The fraction of sp³-hybridized carbons (Fsp3) is 0.480. The van der Waals surface area contributed by atoms with Crippen LogP contribution in [-0.4, -0.2) is 61.7 Å². The molecular weight excluding hydrogens is 492 g/mol. The van der Waals surface area contributed by atoms with Gasteiger partial charge < -0.3 is 20.3 Å². The average molecular weight is 521 g/mol. The third-order valence-electron chi connectivity index (χ3n) is 7.11. The molecule has 8 nitrogen and oxygen atoms in total. The zero-order valence-corrected chi connectivity index (χ0v) is 20.1. The van der Waals surface area contributed by atoms with E-state index >= 15 is 4.39 Å². The lowest BCUT2D eigenvalue weighted by molar-refractivity contribution is -0.137. The summed E-state index contributed by atoms with van der Waals surface area (Å²) in [7, 11) is 0. The fourth-order valence-corrected chi connectivity index (χ4v) is 4.98. The largest absolute Gasteiger partial charge is 0.416 e.